The number of nitrogens with one attached hydrogen (secondary N) is 1. The fourth-order valence-electron chi connectivity index (χ4n) is 3.76. The number of hydrogen-bond acceptors (Lipinski definition) is 4. The Morgan fingerprint density at radius 1 is 1.12 bits per heavy atom. The molecule has 1 N–H and O–H groups in total. The molecule has 0 aliphatic carbocycles. The second-order valence-corrected chi connectivity index (χ2v) is 6.79. The predicted octanol–water partition coefficient (Wildman–Crippen LogP) is 1.81. The van der Waals surface area contributed by atoms with Crippen molar-refractivity contribution < 1.29 is 14.0 Å². The molecule has 3 amide bonds. The summed E-state index contributed by atoms with van der Waals surface area (Å²) in [6.07, 6.45) is 2.39. The standard InChI is InChI=1S/C19H21N3O4/c23-17(15-12-13-4-1-2-5-16(13)26-18(15)24)21-10-6-14(7-11-21)22-9-3-8-20-19(22)25/h1-2,4-5,12,14H,3,6-11H2,(H,20,25). The van der Waals surface area contributed by atoms with E-state index >= 15 is 0 Å². The average Bonchev–Trinajstić information content (AvgIpc) is 2.67. The second kappa shape index (κ2) is 6.82. The van der Waals surface area contributed by atoms with Gasteiger partial charge >= 0.3 is 11.7 Å². The summed E-state index contributed by atoms with van der Waals surface area (Å²) in [5, 5.41) is 3.60. The molecule has 7 nitrogen and oxygen atoms in total. The molecule has 0 radical (unpaired) electrons. The van der Waals surface area contributed by atoms with Gasteiger partial charge in [0.15, 0.2) is 0 Å². The number of nitrogens with zero attached hydrogens (tertiary/aromatic N) is 2. The zero-order valence-corrected chi connectivity index (χ0v) is 14.4. The second-order valence-electron chi connectivity index (χ2n) is 6.79. The molecular weight excluding hydrogens is 334 g/mol. The van der Waals surface area contributed by atoms with Crippen molar-refractivity contribution in [1.82, 2.24) is 15.1 Å². The van der Waals surface area contributed by atoms with Crippen molar-refractivity contribution in [2.24, 2.45) is 0 Å². The van der Waals surface area contributed by atoms with Gasteiger partial charge in [-0.25, -0.2) is 9.59 Å². The first-order valence-electron chi connectivity index (χ1n) is 9.00. The maximum Gasteiger partial charge on any atom is 0.349 e. The number of carbonyl (C=O) groups is 2. The van der Waals surface area contributed by atoms with E-state index in [1.54, 1.807) is 23.1 Å². The molecule has 1 aromatic heterocycles. The third kappa shape index (κ3) is 3.05. The van der Waals surface area contributed by atoms with Crippen LogP contribution in [0.15, 0.2) is 39.5 Å². The lowest BCUT2D eigenvalue weighted by Crippen LogP contribution is -2.54. The van der Waals surface area contributed by atoms with Gasteiger partial charge in [-0.15, -0.1) is 0 Å². The molecule has 26 heavy (non-hydrogen) atoms. The third-order valence-electron chi connectivity index (χ3n) is 5.18. The maximum absolute atomic E-state index is 12.8. The monoisotopic (exact) mass is 355 g/mol. The van der Waals surface area contributed by atoms with E-state index in [1.807, 2.05) is 17.0 Å². The van der Waals surface area contributed by atoms with Crippen LogP contribution in [0, 0.1) is 0 Å². The first kappa shape index (κ1) is 16.6. The Morgan fingerprint density at radius 3 is 2.65 bits per heavy atom. The summed E-state index contributed by atoms with van der Waals surface area (Å²) in [4.78, 5) is 40.5. The Morgan fingerprint density at radius 2 is 1.88 bits per heavy atom. The number of fused-ring (bicyclic) bond motifs is 1. The van der Waals surface area contributed by atoms with Crippen molar-refractivity contribution in [3.63, 3.8) is 0 Å². The number of urea groups is 1. The van der Waals surface area contributed by atoms with E-state index < -0.39 is 5.63 Å². The van der Waals surface area contributed by atoms with Crippen LogP contribution in [0.2, 0.25) is 0 Å². The normalized spacial score (nSPS) is 18.8. The molecule has 4 rings (SSSR count). The minimum Gasteiger partial charge on any atom is -0.422 e. The lowest BCUT2D eigenvalue weighted by molar-refractivity contribution is 0.0639. The Hall–Kier alpha value is -2.83. The first-order chi connectivity index (χ1) is 12.6. The summed E-state index contributed by atoms with van der Waals surface area (Å²) < 4.78 is 5.27. The van der Waals surface area contributed by atoms with Gasteiger partial charge in [-0.05, 0) is 31.4 Å². The average molecular weight is 355 g/mol. The van der Waals surface area contributed by atoms with E-state index in [-0.39, 0.29) is 23.5 Å². The Bertz CT molecular complexity index is 899. The van der Waals surface area contributed by atoms with Gasteiger partial charge in [0.05, 0.1) is 0 Å². The van der Waals surface area contributed by atoms with Gasteiger partial charge in [-0.3, -0.25) is 4.79 Å². The number of carbonyl (C=O) groups excluding carboxylic acids is 2. The molecular formula is C19H21N3O4. The van der Waals surface area contributed by atoms with E-state index in [1.165, 1.54) is 0 Å². The minimum atomic E-state index is -0.605. The lowest BCUT2D eigenvalue weighted by Gasteiger charge is -2.40. The van der Waals surface area contributed by atoms with Crippen LogP contribution >= 0.6 is 0 Å². The van der Waals surface area contributed by atoms with Crippen molar-refractivity contribution in [3.8, 4) is 0 Å². The SMILES string of the molecule is O=C(c1cc2ccccc2oc1=O)N1CCC(N2CCCNC2=O)CC1. The van der Waals surface area contributed by atoms with Crippen molar-refractivity contribution in [1.29, 1.82) is 0 Å². The molecule has 2 aromatic rings. The number of hydrogen-bond donors (Lipinski definition) is 1. The van der Waals surface area contributed by atoms with Gasteiger partial charge in [0.1, 0.15) is 11.1 Å². The summed E-state index contributed by atoms with van der Waals surface area (Å²) in [5.74, 6) is -0.300. The molecule has 2 saturated heterocycles. The molecule has 0 bridgehead atoms. The highest BCUT2D eigenvalue weighted by molar-refractivity contribution is 5.96. The number of amides is 3. The fraction of sp³-hybridized carbons (Fsp3) is 0.421. The number of likely N-dealkylation sites (tertiary alicyclic amines) is 1. The summed E-state index contributed by atoms with van der Waals surface area (Å²) >= 11 is 0. The van der Waals surface area contributed by atoms with E-state index in [9.17, 15) is 14.4 Å². The van der Waals surface area contributed by atoms with Crippen molar-refractivity contribution >= 4 is 22.9 Å². The smallest absolute Gasteiger partial charge is 0.349 e. The van der Waals surface area contributed by atoms with Crippen LogP contribution in [-0.2, 0) is 0 Å². The number of rotatable bonds is 2. The zero-order chi connectivity index (χ0) is 18.1. The van der Waals surface area contributed by atoms with Crippen LogP contribution in [0.5, 0.6) is 0 Å². The number of benzene rings is 1. The summed E-state index contributed by atoms with van der Waals surface area (Å²) in [6.45, 7) is 2.54. The van der Waals surface area contributed by atoms with Crippen LogP contribution in [0.4, 0.5) is 4.79 Å². The maximum atomic E-state index is 12.8. The molecule has 2 aliphatic heterocycles. The highest BCUT2D eigenvalue weighted by Crippen LogP contribution is 2.20. The van der Waals surface area contributed by atoms with E-state index in [4.69, 9.17) is 4.42 Å². The highest BCUT2D eigenvalue weighted by atomic mass is 16.4. The zero-order valence-electron chi connectivity index (χ0n) is 14.4. The molecule has 136 valence electrons. The Kier molecular flexibility index (Phi) is 4.36. The van der Waals surface area contributed by atoms with Crippen molar-refractivity contribution in [2.75, 3.05) is 26.2 Å². The quantitative estimate of drug-likeness (QED) is 0.833. The van der Waals surface area contributed by atoms with E-state index in [2.05, 4.69) is 5.32 Å². The van der Waals surface area contributed by atoms with Crippen molar-refractivity contribution in [3.05, 3.63) is 46.3 Å². The van der Waals surface area contributed by atoms with Gasteiger partial charge in [0, 0.05) is 37.6 Å². The van der Waals surface area contributed by atoms with E-state index in [0.29, 0.717) is 18.7 Å². The van der Waals surface area contributed by atoms with Crippen LogP contribution in [0.1, 0.15) is 29.6 Å². The predicted molar refractivity (Wildman–Crippen MR) is 96.1 cm³/mol. The third-order valence-corrected chi connectivity index (χ3v) is 5.18. The topological polar surface area (TPSA) is 82.9 Å². The highest BCUT2D eigenvalue weighted by Gasteiger charge is 2.31. The van der Waals surface area contributed by atoms with Gasteiger partial charge in [-0.2, -0.15) is 0 Å². The molecule has 0 spiro atoms. The van der Waals surface area contributed by atoms with Crippen LogP contribution in [0.3, 0.4) is 0 Å². The molecule has 0 saturated carbocycles. The summed E-state index contributed by atoms with van der Waals surface area (Å²) in [6, 6.07) is 8.88. The molecule has 2 fully saturated rings. The summed E-state index contributed by atoms with van der Waals surface area (Å²) in [5.41, 5.74) is -0.0621. The molecule has 0 unspecified atom stereocenters. The van der Waals surface area contributed by atoms with Crippen LogP contribution in [0.25, 0.3) is 11.0 Å². The molecule has 2 aliphatic rings. The molecule has 1 aromatic carbocycles. The number of para-hydroxylation sites is 1. The molecule has 7 heteroatoms. The fourth-order valence-corrected chi connectivity index (χ4v) is 3.76. The van der Waals surface area contributed by atoms with Crippen LogP contribution in [-0.4, -0.2) is 54.0 Å². The first-order valence-corrected chi connectivity index (χ1v) is 9.00. The van der Waals surface area contributed by atoms with Gasteiger partial charge in [0.25, 0.3) is 5.91 Å². The molecule has 0 atom stereocenters. The lowest BCUT2D eigenvalue weighted by atomic mass is 10.0. The van der Waals surface area contributed by atoms with Gasteiger partial charge < -0.3 is 19.5 Å². The van der Waals surface area contributed by atoms with Gasteiger partial charge in [0.2, 0.25) is 0 Å². The minimum absolute atomic E-state index is 0.0174. The molecule has 3 heterocycles. The largest absolute Gasteiger partial charge is 0.422 e. The van der Waals surface area contributed by atoms with Gasteiger partial charge in [-0.1, -0.05) is 18.2 Å². The summed E-state index contributed by atoms with van der Waals surface area (Å²) in [7, 11) is 0. The number of piperidine rings is 1. The Balaban J connectivity index is 1.48. The van der Waals surface area contributed by atoms with E-state index in [0.717, 1.165) is 37.7 Å². The van der Waals surface area contributed by atoms with Crippen LogP contribution < -0.4 is 10.9 Å². The van der Waals surface area contributed by atoms with Crippen molar-refractivity contribution in [2.45, 2.75) is 25.3 Å². The Labute approximate surface area is 150 Å².